The van der Waals surface area contributed by atoms with Gasteiger partial charge in [0.15, 0.2) is 5.71 Å². The summed E-state index contributed by atoms with van der Waals surface area (Å²) in [5, 5.41) is 4.44. The first-order chi connectivity index (χ1) is 6.29. The van der Waals surface area contributed by atoms with Gasteiger partial charge in [-0.05, 0) is 6.92 Å². The predicted octanol–water partition coefficient (Wildman–Crippen LogP) is 2.02. The van der Waals surface area contributed by atoms with Crippen LogP contribution in [0.2, 0.25) is 0 Å². The molecule has 0 unspecified atom stereocenters. The lowest BCUT2D eigenvalue weighted by atomic mass is 10.2. The quantitative estimate of drug-likeness (QED) is 0.404. The molecule has 0 heterocycles. The van der Waals surface area contributed by atoms with Crippen molar-refractivity contribution < 1.29 is 17.9 Å². The summed E-state index contributed by atoms with van der Waals surface area (Å²) in [6.45, 7) is 1.29. The second kappa shape index (κ2) is 4.88. The van der Waals surface area contributed by atoms with Gasteiger partial charge in [0.05, 0.1) is 13.4 Å². The number of hydrogen-bond donors (Lipinski definition) is 0. The van der Waals surface area contributed by atoms with E-state index < -0.39 is 11.9 Å². The molecule has 0 saturated heterocycles. The van der Waals surface area contributed by atoms with Gasteiger partial charge < -0.3 is 9.75 Å². The van der Waals surface area contributed by atoms with Crippen LogP contribution in [0.1, 0.15) is 6.92 Å². The Balaban J connectivity index is 5.03. The first-order valence-electron chi connectivity index (χ1n) is 3.82. The summed E-state index contributed by atoms with van der Waals surface area (Å²) < 4.78 is 41.7. The second-order valence-corrected chi connectivity index (χ2v) is 2.83. The maximum absolute atomic E-state index is 12.4. The van der Waals surface area contributed by atoms with Crippen LogP contribution in [0.3, 0.4) is 0 Å². The van der Waals surface area contributed by atoms with Gasteiger partial charge in [-0.25, -0.2) is 0 Å². The molecule has 0 amide bonds. The van der Waals surface area contributed by atoms with Crippen LogP contribution >= 0.6 is 0 Å². The average Bonchev–Trinajstić information content (AvgIpc) is 1.98. The van der Waals surface area contributed by atoms with Gasteiger partial charge in [0.2, 0.25) is 0 Å². The van der Waals surface area contributed by atoms with Crippen LogP contribution in [0, 0.1) is 0 Å². The summed E-state index contributed by atoms with van der Waals surface area (Å²) in [7, 11) is 4.13. The Bertz CT molecular complexity index is 243. The molecule has 0 aromatic carbocycles. The molecular formula is C8H13F3N2O. The van der Waals surface area contributed by atoms with Crippen molar-refractivity contribution in [2.24, 2.45) is 5.10 Å². The molecule has 0 atom stereocenters. The smallest absolute Gasteiger partial charge is 0.435 e. The van der Waals surface area contributed by atoms with Crippen molar-refractivity contribution in [1.29, 1.82) is 0 Å². The third-order valence-electron chi connectivity index (χ3n) is 1.24. The molecule has 0 spiro atoms. The van der Waals surface area contributed by atoms with E-state index in [4.69, 9.17) is 0 Å². The van der Waals surface area contributed by atoms with Gasteiger partial charge in [0, 0.05) is 19.7 Å². The maximum atomic E-state index is 12.4. The summed E-state index contributed by atoms with van der Waals surface area (Å²) in [5.41, 5.74) is -1.02. The molecule has 0 N–H and O–H groups in total. The number of ether oxygens (including phenoxy) is 1. The SMILES string of the molecule is CO/C=C(C)/C(=N\N(C)C)C(F)(F)F. The molecule has 0 aliphatic carbocycles. The molecule has 14 heavy (non-hydrogen) atoms. The van der Waals surface area contributed by atoms with Gasteiger partial charge in [-0.15, -0.1) is 0 Å². The summed E-state index contributed by atoms with van der Waals surface area (Å²) in [5.74, 6) is 0. The molecule has 0 aromatic heterocycles. The monoisotopic (exact) mass is 210 g/mol. The minimum absolute atomic E-state index is 0.0614. The zero-order valence-corrected chi connectivity index (χ0v) is 8.51. The molecule has 0 saturated carbocycles. The Morgan fingerprint density at radius 3 is 2.14 bits per heavy atom. The van der Waals surface area contributed by atoms with Gasteiger partial charge in [-0.3, -0.25) is 0 Å². The van der Waals surface area contributed by atoms with E-state index >= 15 is 0 Å². The molecule has 0 radical (unpaired) electrons. The van der Waals surface area contributed by atoms with Crippen molar-refractivity contribution in [2.45, 2.75) is 13.1 Å². The van der Waals surface area contributed by atoms with Crippen molar-refractivity contribution in [3.8, 4) is 0 Å². The minimum atomic E-state index is -4.47. The third-order valence-corrected chi connectivity index (χ3v) is 1.24. The van der Waals surface area contributed by atoms with Gasteiger partial charge in [0.25, 0.3) is 0 Å². The number of methoxy groups -OCH3 is 1. The largest absolute Gasteiger partial charge is 0.504 e. The minimum Gasteiger partial charge on any atom is -0.504 e. The van der Waals surface area contributed by atoms with Crippen molar-refractivity contribution in [3.05, 3.63) is 11.8 Å². The van der Waals surface area contributed by atoms with E-state index in [1.54, 1.807) is 0 Å². The fourth-order valence-electron chi connectivity index (χ4n) is 0.792. The summed E-state index contributed by atoms with van der Waals surface area (Å²) in [6, 6.07) is 0. The van der Waals surface area contributed by atoms with E-state index in [-0.39, 0.29) is 5.57 Å². The van der Waals surface area contributed by atoms with Crippen molar-refractivity contribution in [2.75, 3.05) is 21.2 Å². The molecule has 0 aliphatic heterocycles. The molecule has 6 heteroatoms. The Labute approximate surface area is 80.8 Å². The van der Waals surface area contributed by atoms with Crippen LogP contribution in [0.15, 0.2) is 16.9 Å². The van der Waals surface area contributed by atoms with E-state index in [1.807, 2.05) is 0 Å². The number of allylic oxidation sites excluding steroid dienone is 1. The fourth-order valence-corrected chi connectivity index (χ4v) is 0.792. The number of alkyl halides is 3. The second-order valence-electron chi connectivity index (χ2n) is 2.83. The van der Waals surface area contributed by atoms with Crippen molar-refractivity contribution in [1.82, 2.24) is 5.01 Å². The van der Waals surface area contributed by atoms with E-state index in [1.165, 1.54) is 28.1 Å². The van der Waals surface area contributed by atoms with E-state index in [9.17, 15) is 13.2 Å². The van der Waals surface area contributed by atoms with Crippen LogP contribution in [0.25, 0.3) is 0 Å². The lowest BCUT2D eigenvalue weighted by Crippen LogP contribution is -2.26. The fraction of sp³-hybridized carbons (Fsp3) is 0.625. The first-order valence-corrected chi connectivity index (χ1v) is 3.82. The third kappa shape index (κ3) is 4.15. The molecule has 0 bridgehead atoms. The highest BCUT2D eigenvalue weighted by Crippen LogP contribution is 2.22. The molecule has 0 aliphatic rings. The molecule has 82 valence electrons. The highest BCUT2D eigenvalue weighted by atomic mass is 19.4. The molecular weight excluding hydrogens is 197 g/mol. The first kappa shape index (κ1) is 12.8. The van der Waals surface area contributed by atoms with E-state index in [0.29, 0.717) is 0 Å². The Morgan fingerprint density at radius 1 is 1.36 bits per heavy atom. The average molecular weight is 210 g/mol. The summed E-state index contributed by atoms with van der Waals surface area (Å²) in [6.07, 6.45) is -3.46. The van der Waals surface area contributed by atoms with Crippen LogP contribution < -0.4 is 0 Å². The molecule has 0 fully saturated rings. The lowest BCUT2D eigenvalue weighted by molar-refractivity contribution is -0.0594. The standard InChI is InChI=1S/C8H13F3N2O/c1-6(5-14-4)7(8(9,10)11)12-13(2)3/h5H,1-4H3/b6-5+,12-7+. The molecule has 0 rings (SSSR count). The van der Waals surface area contributed by atoms with E-state index in [2.05, 4.69) is 9.84 Å². The molecule has 3 nitrogen and oxygen atoms in total. The topological polar surface area (TPSA) is 24.8 Å². The van der Waals surface area contributed by atoms with Gasteiger partial charge in [-0.1, -0.05) is 0 Å². The maximum Gasteiger partial charge on any atom is 0.435 e. The highest BCUT2D eigenvalue weighted by molar-refractivity contribution is 6.03. The highest BCUT2D eigenvalue weighted by Gasteiger charge is 2.37. The number of rotatable bonds is 3. The number of halogens is 3. The predicted molar refractivity (Wildman–Crippen MR) is 47.9 cm³/mol. The Hall–Kier alpha value is -1.20. The number of nitrogens with zero attached hydrogens (tertiary/aromatic N) is 2. The van der Waals surface area contributed by atoms with Gasteiger partial charge in [-0.2, -0.15) is 18.3 Å². The zero-order valence-electron chi connectivity index (χ0n) is 8.51. The lowest BCUT2D eigenvalue weighted by Gasteiger charge is -2.13. The molecule has 0 aromatic rings. The normalized spacial score (nSPS) is 14.2. The summed E-state index contributed by atoms with van der Waals surface area (Å²) in [4.78, 5) is 0. The van der Waals surface area contributed by atoms with Crippen molar-refractivity contribution >= 4 is 5.71 Å². The Morgan fingerprint density at radius 2 is 1.86 bits per heavy atom. The van der Waals surface area contributed by atoms with Crippen LogP contribution in [-0.2, 0) is 4.74 Å². The van der Waals surface area contributed by atoms with Gasteiger partial charge in [0.1, 0.15) is 0 Å². The van der Waals surface area contributed by atoms with Crippen molar-refractivity contribution in [3.63, 3.8) is 0 Å². The zero-order chi connectivity index (χ0) is 11.4. The summed E-state index contributed by atoms with van der Waals surface area (Å²) >= 11 is 0. The Kier molecular flexibility index (Phi) is 4.46. The van der Waals surface area contributed by atoms with E-state index in [0.717, 1.165) is 11.3 Å². The van der Waals surface area contributed by atoms with Crippen LogP contribution in [0.4, 0.5) is 13.2 Å². The van der Waals surface area contributed by atoms with Crippen LogP contribution in [-0.4, -0.2) is 38.1 Å². The van der Waals surface area contributed by atoms with Crippen LogP contribution in [0.5, 0.6) is 0 Å². The number of hydrazone groups is 1. The van der Waals surface area contributed by atoms with Gasteiger partial charge >= 0.3 is 6.18 Å². The number of hydrogen-bond acceptors (Lipinski definition) is 3.